The molecule has 10 heteroatoms. The molecule has 1 saturated heterocycles. The molecule has 1 fully saturated rings. The number of imide groups is 1. The number of methoxy groups -OCH3 is 1. The minimum Gasteiger partial charge on any atom is -0.486 e. The van der Waals surface area contributed by atoms with Crippen LogP contribution in [0.15, 0.2) is 41.3 Å². The molecule has 1 atom stereocenters. The second kappa shape index (κ2) is 9.72. The third-order valence-corrected chi connectivity index (χ3v) is 5.85. The fourth-order valence-corrected chi connectivity index (χ4v) is 4.33. The minimum atomic E-state index is -1.05. The molecule has 2 amide bonds. The van der Waals surface area contributed by atoms with Crippen LogP contribution < -0.4 is 4.74 Å². The average molecular weight is 484 g/mol. The lowest BCUT2D eigenvalue weighted by molar-refractivity contribution is -0.148. The van der Waals surface area contributed by atoms with Crippen molar-refractivity contribution in [2.75, 3.05) is 7.11 Å². The van der Waals surface area contributed by atoms with E-state index in [2.05, 4.69) is 4.74 Å². The van der Waals surface area contributed by atoms with Crippen LogP contribution in [0.2, 0.25) is 10.0 Å². The summed E-state index contributed by atoms with van der Waals surface area (Å²) in [4.78, 5) is 37.4. The predicted molar refractivity (Wildman–Crippen MR) is 116 cm³/mol. The van der Waals surface area contributed by atoms with Gasteiger partial charge in [-0.3, -0.25) is 14.5 Å². The van der Waals surface area contributed by atoms with Gasteiger partial charge in [0.05, 0.1) is 22.1 Å². The van der Waals surface area contributed by atoms with E-state index in [9.17, 15) is 18.8 Å². The molecule has 3 rings (SSSR count). The van der Waals surface area contributed by atoms with Crippen molar-refractivity contribution in [1.29, 1.82) is 0 Å². The summed E-state index contributed by atoms with van der Waals surface area (Å²) in [7, 11) is 1.17. The van der Waals surface area contributed by atoms with Crippen LogP contribution in [0, 0.1) is 5.82 Å². The van der Waals surface area contributed by atoms with Crippen LogP contribution in [0.3, 0.4) is 0 Å². The van der Waals surface area contributed by atoms with Crippen molar-refractivity contribution in [3.63, 3.8) is 0 Å². The van der Waals surface area contributed by atoms with Gasteiger partial charge in [-0.1, -0.05) is 41.4 Å². The molecule has 0 bridgehead atoms. The fourth-order valence-electron chi connectivity index (χ4n) is 2.81. The number of ether oxygens (including phenoxy) is 2. The molecule has 6 nitrogen and oxygen atoms in total. The van der Waals surface area contributed by atoms with Crippen LogP contribution in [0.1, 0.15) is 18.1 Å². The molecule has 0 spiro atoms. The van der Waals surface area contributed by atoms with Crippen molar-refractivity contribution in [1.82, 2.24) is 4.90 Å². The number of benzene rings is 2. The number of hydrogen-bond donors (Lipinski definition) is 0. The Labute approximate surface area is 191 Å². The van der Waals surface area contributed by atoms with E-state index in [1.807, 2.05) is 0 Å². The molecular weight excluding hydrogens is 468 g/mol. The van der Waals surface area contributed by atoms with Crippen LogP contribution in [-0.2, 0) is 20.9 Å². The molecule has 0 saturated carbocycles. The first-order chi connectivity index (χ1) is 14.7. The second-order valence-electron chi connectivity index (χ2n) is 6.44. The molecule has 1 aliphatic rings. The maximum Gasteiger partial charge on any atom is 0.328 e. The van der Waals surface area contributed by atoms with Gasteiger partial charge >= 0.3 is 5.97 Å². The highest BCUT2D eigenvalue weighted by molar-refractivity contribution is 8.18. The molecule has 2 aromatic carbocycles. The molecule has 0 aliphatic carbocycles. The Morgan fingerprint density at radius 1 is 1.23 bits per heavy atom. The second-order valence-corrected chi connectivity index (χ2v) is 8.25. The Balaban J connectivity index is 1.80. The number of carbonyl (C=O) groups is 3. The first-order valence-electron chi connectivity index (χ1n) is 8.93. The number of hydrogen-bond acceptors (Lipinski definition) is 6. The summed E-state index contributed by atoms with van der Waals surface area (Å²) >= 11 is 13.2. The topological polar surface area (TPSA) is 72.9 Å². The maximum atomic E-state index is 13.8. The summed E-state index contributed by atoms with van der Waals surface area (Å²) in [5.41, 5.74) is 0.788. The number of thioether (sulfide) groups is 1. The summed E-state index contributed by atoms with van der Waals surface area (Å²) in [6, 6.07) is 8.10. The largest absolute Gasteiger partial charge is 0.486 e. The van der Waals surface area contributed by atoms with Crippen molar-refractivity contribution in [3.8, 4) is 5.75 Å². The predicted octanol–water partition coefficient (Wildman–Crippen LogP) is 5.31. The molecular formula is C21H16Cl2FNO5S. The zero-order valence-electron chi connectivity index (χ0n) is 16.4. The van der Waals surface area contributed by atoms with Gasteiger partial charge in [0.15, 0.2) is 5.75 Å². The number of nitrogens with zero attached hydrogens (tertiary/aromatic N) is 1. The summed E-state index contributed by atoms with van der Waals surface area (Å²) < 4.78 is 23.9. The first kappa shape index (κ1) is 23.1. The van der Waals surface area contributed by atoms with Crippen molar-refractivity contribution in [2.45, 2.75) is 19.6 Å². The SMILES string of the molecule is COC(=O)[C@H](C)N1C(=O)S/C(=C/c2cc(Cl)c(OCc3ccccc3F)c(Cl)c2)C1=O. The maximum absolute atomic E-state index is 13.8. The molecule has 0 unspecified atom stereocenters. The number of halogens is 3. The highest BCUT2D eigenvalue weighted by Crippen LogP contribution is 2.38. The molecule has 0 N–H and O–H groups in total. The molecule has 31 heavy (non-hydrogen) atoms. The van der Waals surface area contributed by atoms with E-state index in [0.717, 1.165) is 4.90 Å². The lowest BCUT2D eigenvalue weighted by Crippen LogP contribution is -2.42. The smallest absolute Gasteiger partial charge is 0.328 e. The normalized spacial score (nSPS) is 16.0. The van der Waals surface area contributed by atoms with Gasteiger partial charge < -0.3 is 9.47 Å². The minimum absolute atomic E-state index is 0.0736. The Bertz CT molecular complexity index is 1070. The van der Waals surface area contributed by atoms with E-state index in [1.54, 1.807) is 18.2 Å². The Kier molecular flexibility index (Phi) is 7.25. The van der Waals surface area contributed by atoms with Crippen molar-refractivity contribution >= 4 is 58.2 Å². The van der Waals surface area contributed by atoms with Crippen molar-refractivity contribution in [2.24, 2.45) is 0 Å². The summed E-state index contributed by atoms with van der Waals surface area (Å²) in [5.74, 6) is -1.58. The quantitative estimate of drug-likeness (QED) is 0.409. The van der Waals surface area contributed by atoms with Gasteiger partial charge in [-0.2, -0.15) is 0 Å². The van der Waals surface area contributed by atoms with Crippen LogP contribution in [0.25, 0.3) is 6.08 Å². The Hall–Kier alpha value is -2.55. The van der Waals surface area contributed by atoms with E-state index in [1.165, 1.54) is 38.3 Å². The van der Waals surface area contributed by atoms with Crippen LogP contribution in [0.4, 0.5) is 9.18 Å². The van der Waals surface area contributed by atoms with Gasteiger partial charge in [0.2, 0.25) is 0 Å². The zero-order valence-corrected chi connectivity index (χ0v) is 18.7. The molecule has 0 aromatic heterocycles. The highest BCUT2D eigenvalue weighted by Gasteiger charge is 2.41. The first-order valence-corrected chi connectivity index (χ1v) is 10.5. The van der Waals surface area contributed by atoms with E-state index in [4.69, 9.17) is 27.9 Å². The fraction of sp³-hybridized carbons (Fsp3) is 0.190. The highest BCUT2D eigenvalue weighted by atomic mass is 35.5. The summed E-state index contributed by atoms with van der Waals surface area (Å²) in [5, 5.41) is -0.286. The number of esters is 1. The summed E-state index contributed by atoms with van der Waals surface area (Å²) in [6.45, 7) is 1.33. The zero-order chi connectivity index (χ0) is 22.7. The van der Waals surface area contributed by atoms with Gasteiger partial charge in [0.25, 0.3) is 11.1 Å². The number of carbonyl (C=O) groups excluding carboxylic acids is 3. The molecule has 1 heterocycles. The average Bonchev–Trinajstić information content (AvgIpc) is 3.00. The monoisotopic (exact) mass is 483 g/mol. The van der Waals surface area contributed by atoms with Crippen molar-refractivity contribution < 1.29 is 28.2 Å². The van der Waals surface area contributed by atoms with Crippen LogP contribution in [0.5, 0.6) is 5.75 Å². The third-order valence-electron chi connectivity index (χ3n) is 4.40. The van der Waals surface area contributed by atoms with E-state index < -0.39 is 29.0 Å². The van der Waals surface area contributed by atoms with E-state index in [0.29, 0.717) is 22.9 Å². The molecule has 1 aliphatic heterocycles. The van der Waals surface area contributed by atoms with Crippen LogP contribution in [-0.4, -0.2) is 35.2 Å². The molecule has 0 radical (unpaired) electrons. The van der Waals surface area contributed by atoms with E-state index >= 15 is 0 Å². The van der Waals surface area contributed by atoms with Gasteiger partial charge in [0.1, 0.15) is 18.5 Å². The van der Waals surface area contributed by atoms with Gasteiger partial charge in [-0.05, 0) is 48.5 Å². The van der Waals surface area contributed by atoms with Crippen LogP contribution >= 0.6 is 35.0 Å². The van der Waals surface area contributed by atoms with Gasteiger partial charge in [0, 0.05) is 5.56 Å². The number of amides is 2. The Morgan fingerprint density at radius 2 is 1.87 bits per heavy atom. The third kappa shape index (κ3) is 5.03. The van der Waals surface area contributed by atoms with Gasteiger partial charge in [-0.25, -0.2) is 9.18 Å². The van der Waals surface area contributed by atoms with Crippen molar-refractivity contribution in [3.05, 3.63) is 68.3 Å². The molecule has 162 valence electrons. The molecule has 2 aromatic rings. The standard InChI is InChI=1S/C21H16Cl2FNO5S/c1-11(20(27)29-2)25-19(26)17(31-21(25)28)9-12-7-14(22)18(15(23)8-12)30-10-13-5-3-4-6-16(13)24/h3-9,11H,10H2,1-2H3/b17-9+/t11-/m0/s1. The summed E-state index contributed by atoms with van der Waals surface area (Å²) in [6.07, 6.45) is 1.44. The van der Waals surface area contributed by atoms with Gasteiger partial charge in [-0.15, -0.1) is 0 Å². The van der Waals surface area contributed by atoms with E-state index in [-0.39, 0.29) is 27.3 Å². The number of rotatable bonds is 6. The lowest BCUT2D eigenvalue weighted by Gasteiger charge is -2.18. The Morgan fingerprint density at radius 3 is 2.48 bits per heavy atom. The lowest BCUT2D eigenvalue weighted by atomic mass is 10.2.